The van der Waals surface area contributed by atoms with E-state index < -0.39 is 0 Å². The molecule has 0 fully saturated rings. The maximum absolute atomic E-state index is 6.91. The van der Waals surface area contributed by atoms with Gasteiger partial charge in [0.25, 0.3) is 0 Å². The van der Waals surface area contributed by atoms with Gasteiger partial charge >= 0.3 is 0 Å². The van der Waals surface area contributed by atoms with E-state index in [1.165, 1.54) is 33.6 Å². The molecule has 0 saturated heterocycles. The molecule has 2 aromatic heterocycles. The zero-order valence-corrected chi connectivity index (χ0v) is 34.4. The van der Waals surface area contributed by atoms with E-state index in [0.29, 0.717) is 17.5 Å². The molecule has 5 nitrogen and oxygen atoms in total. The fraction of sp³-hybridized carbons (Fsp3) is 0.0517. The number of hydrogen-bond donors (Lipinski definition) is 0. The van der Waals surface area contributed by atoms with Crippen LogP contribution in [0.5, 0.6) is 0 Å². The molecule has 3 heterocycles. The van der Waals surface area contributed by atoms with Crippen molar-refractivity contribution in [3.63, 3.8) is 0 Å². The molecular weight excluding hydrogens is 769 g/mol. The van der Waals surface area contributed by atoms with Crippen molar-refractivity contribution >= 4 is 44.5 Å². The van der Waals surface area contributed by atoms with Gasteiger partial charge in [0.1, 0.15) is 11.2 Å². The van der Waals surface area contributed by atoms with Gasteiger partial charge in [-0.05, 0) is 64.9 Å². The number of hydrogen-bond acceptors (Lipinski definition) is 5. The molecule has 9 aromatic rings. The smallest absolute Gasteiger partial charge is 0.164 e. The minimum Gasteiger partial charge on any atom is -0.455 e. The van der Waals surface area contributed by atoms with Gasteiger partial charge in [-0.2, -0.15) is 0 Å². The minimum atomic E-state index is 0.258. The van der Waals surface area contributed by atoms with E-state index in [1.54, 1.807) is 0 Å². The van der Waals surface area contributed by atoms with Crippen LogP contribution in [0.25, 0.3) is 89.2 Å². The molecule has 5 heteroatoms. The zero-order valence-electron chi connectivity index (χ0n) is 34.4. The predicted octanol–water partition coefficient (Wildman–Crippen LogP) is 14.9. The summed E-state index contributed by atoms with van der Waals surface area (Å²) in [4.78, 5) is 17.4. The summed E-state index contributed by atoms with van der Waals surface area (Å²) >= 11 is 0. The second-order valence-electron chi connectivity index (χ2n) is 16.2. The quantitative estimate of drug-likeness (QED) is 0.160. The molecule has 0 saturated carbocycles. The number of benzene rings is 7. The summed E-state index contributed by atoms with van der Waals surface area (Å²) in [5, 5.41) is 2.19. The maximum Gasteiger partial charge on any atom is 0.164 e. The topological polar surface area (TPSA) is 55.1 Å². The van der Waals surface area contributed by atoms with Crippen molar-refractivity contribution in [1.82, 2.24) is 15.0 Å². The molecule has 12 rings (SSSR count). The fourth-order valence-corrected chi connectivity index (χ4v) is 9.36. The van der Waals surface area contributed by atoms with Gasteiger partial charge in [0, 0.05) is 55.5 Å². The van der Waals surface area contributed by atoms with E-state index in [1.807, 2.05) is 30.3 Å². The van der Waals surface area contributed by atoms with Gasteiger partial charge in [0.2, 0.25) is 0 Å². The highest BCUT2D eigenvalue weighted by molar-refractivity contribution is 6.13. The Morgan fingerprint density at radius 1 is 0.460 bits per heavy atom. The molecule has 298 valence electrons. The largest absolute Gasteiger partial charge is 0.455 e. The van der Waals surface area contributed by atoms with Crippen molar-refractivity contribution in [2.75, 3.05) is 4.90 Å². The van der Waals surface area contributed by atoms with Crippen LogP contribution in [0.1, 0.15) is 24.2 Å². The molecule has 0 N–H and O–H groups in total. The van der Waals surface area contributed by atoms with E-state index in [2.05, 4.69) is 187 Å². The van der Waals surface area contributed by atoms with Gasteiger partial charge in [0.05, 0.1) is 6.04 Å². The van der Waals surface area contributed by atoms with E-state index in [4.69, 9.17) is 19.4 Å². The lowest BCUT2D eigenvalue weighted by Crippen LogP contribution is -2.26. The summed E-state index contributed by atoms with van der Waals surface area (Å²) in [5.41, 5.74) is 16.4. The summed E-state index contributed by atoms with van der Waals surface area (Å²) in [5.74, 6) is 1.92. The number of rotatable bonds is 7. The first kappa shape index (κ1) is 36.7. The normalized spacial score (nSPS) is 15.3. The predicted molar refractivity (Wildman–Crippen MR) is 259 cm³/mol. The number of para-hydroxylation sites is 2. The van der Waals surface area contributed by atoms with Crippen molar-refractivity contribution in [2.24, 2.45) is 0 Å². The van der Waals surface area contributed by atoms with Gasteiger partial charge in [-0.3, -0.25) is 0 Å². The Kier molecular flexibility index (Phi) is 8.96. The summed E-state index contributed by atoms with van der Waals surface area (Å²) in [6, 6.07) is 58.3. The van der Waals surface area contributed by atoms with E-state index in [0.717, 1.165) is 73.7 Å². The minimum absolute atomic E-state index is 0.258. The van der Waals surface area contributed by atoms with Crippen LogP contribution in [-0.2, 0) is 0 Å². The van der Waals surface area contributed by atoms with Crippen LogP contribution in [-0.4, -0.2) is 21.0 Å². The van der Waals surface area contributed by atoms with Crippen molar-refractivity contribution in [2.45, 2.75) is 18.9 Å². The lowest BCUT2D eigenvalue weighted by Gasteiger charge is -2.28. The highest BCUT2D eigenvalue weighted by atomic mass is 16.3. The standard InChI is InChI=1S/C58H40N4O/c1-2-6-18-41(17-5-1)56-59-57(42-19-9-4-10-20-42)61-58(60-56)43-29-27-39(28-30-43)46-22-13-24-49-50-25-14-23-47(55(50)63-54(46)49)40-31-34-45(35-32-40)62-52-26-12-11-21-48(52)51-37-44(33-36-53(51)62)38-15-7-3-8-16-38/h1,3-25,27-37,52H,2,26H2. The third-order valence-corrected chi connectivity index (χ3v) is 12.5. The first-order chi connectivity index (χ1) is 31.2. The molecule has 0 bridgehead atoms. The number of furan rings is 1. The molecule has 7 aromatic carbocycles. The van der Waals surface area contributed by atoms with E-state index >= 15 is 0 Å². The average Bonchev–Trinajstić information content (AvgIpc) is 3.77. The molecule has 0 radical (unpaired) electrons. The zero-order chi connectivity index (χ0) is 41.7. The number of fused-ring (bicyclic) bond motifs is 6. The molecule has 2 aliphatic carbocycles. The summed E-state index contributed by atoms with van der Waals surface area (Å²) < 4.78 is 6.91. The van der Waals surface area contributed by atoms with Crippen molar-refractivity contribution in [3.05, 3.63) is 224 Å². The Morgan fingerprint density at radius 3 is 1.75 bits per heavy atom. The monoisotopic (exact) mass is 808 g/mol. The fourth-order valence-electron chi connectivity index (χ4n) is 9.36. The maximum atomic E-state index is 6.91. The van der Waals surface area contributed by atoms with Crippen LogP contribution < -0.4 is 4.90 Å². The van der Waals surface area contributed by atoms with E-state index in [9.17, 15) is 0 Å². The Hall–Kier alpha value is -8.15. The van der Waals surface area contributed by atoms with Crippen LogP contribution >= 0.6 is 0 Å². The molecule has 3 aliphatic rings. The molecule has 0 spiro atoms. The Balaban J connectivity index is 0.878. The summed E-state index contributed by atoms with van der Waals surface area (Å²) in [7, 11) is 0. The van der Waals surface area contributed by atoms with Gasteiger partial charge < -0.3 is 9.32 Å². The summed E-state index contributed by atoms with van der Waals surface area (Å²) in [6.45, 7) is 0. The molecule has 1 atom stereocenters. The molecular formula is C58H40N4O. The number of aromatic nitrogens is 3. The molecule has 0 amide bonds. The second kappa shape index (κ2) is 15.4. The summed E-state index contributed by atoms with van der Waals surface area (Å²) in [6.07, 6.45) is 19.1. The Labute approximate surface area is 366 Å². The first-order valence-electron chi connectivity index (χ1n) is 21.6. The third kappa shape index (κ3) is 6.53. The Morgan fingerprint density at radius 2 is 1.05 bits per heavy atom. The van der Waals surface area contributed by atoms with Crippen LogP contribution in [0.3, 0.4) is 0 Å². The highest BCUT2D eigenvalue weighted by Crippen LogP contribution is 2.49. The highest BCUT2D eigenvalue weighted by Gasteiger charge is 2.35. The van der Waals surface area contributed by atoms with Crippen LogP contribution in [0.15, 0.2) is 217 Å². The van der Waals surface area contributed by atoms with E-state index in [-0.39, 0.29) is 6.04 Å². The second-order valence-corrected chi connectivity index (χ2v) is 16.2. The van der Waals surface area contributed by atoms with Gasteiger partial charge in [-0.1, -0.05) is 188 Å². The molecule has 63 heavy (non-hydrogen) atoms. The number of nitrogens with zero attached hydrogens (tertiary/aromatic N) is 4. The lowest BCUT2D eigenvalue weighted by molar-refractivity contribution is 0.671. The van der Waals surface area contributed by atoms with Crippen molar-refractivity contribution in [3.8, 4) is 56.2 Å². The average molecular weight is 809 g/mol. The van der Waals surface area contributed by atoms with Crippen molar-refractivity contribution < 1.29 is 4.42 Å². The van der Waals surface area contributed by atoms with Gasteiger partial charge in [0.15, 0.2) is 17.5 Å². The van der Waals surface area contributed by atoms with Crippen LogP contribution in [0.2, 0.25) is 0 Å². The Bertz CT molecular complexity index is 3370. The lowest BCUT2D eigenvalue weighted by atomic mass is 9.94. The van der Waals surface area contributed by atoms with Crippen LogP contribution in [0, 0.1) is 0 Å². The SMILES string of the molecule is C1=CCC=CC(c2nc(-c3ccccc3)nc(-c3ccc(-c4cccc5c4oc4c(-c6ccc(N7c8ccc(-c9ccccc9)cc8C8=CC=CCC87)cc6)cccc45)cc3)n2)=C1. The van der Waals surface area contributed by atoms with Crippen molar-refractivity contribution in [1.29, 1.82) is 0 Å². The molecule has 1 unspecified atom stereocenters. The number of allylic oxidation sites excluding steroid dienone is 8. The third-order valence-electron chi connectivity index (χ3n) is 12.5. The first-order valence-corrected chi connectivity index (χ1v) is 21.6. The van der Waals surface area contributed by atoms with Crippen LogP contribution in [0.4, 0.5) is 11.4 Å². The number of anilines is 2. The molecule has 1 aliphatic heterocycles. The van der Waals surface area contributed by atoms with Gasteiger partial charge in [-0.15, -0.1) is 0 Å². The van der Waals surface area contributed by atoms with Gasteiger partial charge in [-0.25, -0.2) is 15.0 Å².